The number of nitrogens with one attached hydrogen (secondary N) is 1. The molecule has 0 heterocycles. The number of unbranched alkanes of at least 4 members (excludes halogenated alkanes) is 1. The molecule has 1 aliphatic rings. The first-order valence-electron chi connectivity index (χ1n) is 7.91. The number of rotatable bonds is 6. The van der Waals surface area contributed by atoms with Crippen molar-refractivity contribution in [1.82, 2.24) is 5.32 Å². The number of hydrogen-bond donors (Lipinski definition) is 2. The smallest absolute Gasteiger partial charge is 0.251 e. The SMILES string of the molecule is CCCCOc1ccc(C(=O)NC2CCC(O)CC2)cc1. The van der Waals surface area contributed by atoms with Crippen molar-refractivity contribution in [2.45, 2.75) is 57.6 Å². The van der Waals surface area contributed by atoms with Gasteiger partial charge in [0.1, 0.15) is 5.75 Å². The Morgan fingerprint density at radius 3 is 2.52 bits per heavy atom. The number of carbonyl (C=O) groups is 1. The zero-order chi connectivity index (χ0) is 15.1. The summed E-state index contributed by atoms with van der Waals surface area (Å²) in [6, 6.07) is 7.47. The van der Waals surface area contributed by atoms with Crippen LogP contribution in [0.1, 0.15) is 55.8 Å². The normalized spacial score (nSPS) is 21.8. The van der Waals surface area contributed by atoms with Crippen LogP contribution in [0.4, 0.5) is 0 Å². The first kappa shape index (κ1) is 15.8. The first-order chi connectivity index (χ1) is 10.2. The van der Waals surface area contributed by atoms with E-state index in [1.54, 1.807) is 12.1 Å². The number of hydrogen-bond acceptors (Lipinski definition) is 3. The summed E-state index contributed by atoms with van der Waals surface area (Å²) >= 11 is 0. The van der Waals surface area contributed by atoms with Crippen LogP contribution in [0.3, 0.4) is 0 Å². The molecule has 0 aliphatic heterocycles. The van der Waals surface area contributed by atoms with E-state index in [0.717, 1.165) is 44.3 Å². The van der Waals surface area contributed by atoms with E-state index in [2.05, 4.69) is 12.2 Å². The van der Waals surface area contributed by atoms with Gasteiger partial charge in [-0.3, -0.25) is 4.79 Å². The average Bonchev–Trinajstić information content (AvgIpc) is 2.50. The maximum Gasteiger partial charge on any atom is 0.251 e. The maximum atomic E-state index is 12.2. The Hall–Kier alpha value is -1.55. The van der Waals surface area contributed by atoms with Crippen LogP contribution in [0, 0.1) is 0 Å². The lowest BCUT2D eigenvalue weighted by molar-refractivity contribution is 0.0867. The zero-order valence-electron chi connectivity index (χ0n) is 12.7. The van der Waals surface area contributed by atoms with E-state index in [9.17, 15) is 9.90 Å². The summed E-state index contributed by atoms with van der Waals surface area (Å²) in [5.41, 5.74) is 0.656. The number of carbonyl (C=O) groups excluding carboxylic acids is 1. The topological polar surface area (TPSA) is 58.6 Å². The highest BCUT2D eigenvalue weighted by atomic mass is 16.5. The molecular weight excluding hydrogens is 266 g/mol. The molecule has 4 nitrogen and oxygen atoms in total. The zero-order valence-corrected chi connectivity index (χ0v) is 12.7. The molecule has 0 atom stereocenters. The van der Waals surface area contributed by atoms with Crippen LogP contribution in [-0.4, -0.2) is 29.8 Å². The van der Waals surface area contributed by atoms with E-state index in [1.165, 1.54) is 0 Å². The van der Waals surface area contributed by atoms with Crippen molar-refractivity contribution in [3.63, 3.8) is 0 Å². The van der Waals surface area contributed by atoms with Gasteiger partial charge in [0.05, 0.1) is 12.7 Å². The van der Waals surface area contributed by atoms with Crippen LogP contribution in [0.2, 0.25) is 0 Å². The van der Waals surface area contributed by atoms with Crippen LogP contribution in [0.15, 0.2) is 24.3 Å². The molecule has 0 bridgehead atoms. The van der Waals surface area contributed by atoms with Crippen molar-refractivity contribution in [3.8, 4) is 5.75 Å². The Labute approximate surface area is 126 Å². The Morgan fingerprint density at radius 2 is 1.90 bits per heavy atom. The highest BCUT2D eigenvalue weighted by Crippen LogP contribution is 2.19. The van der Waals surface area contributed by atoms with E-state index in [-0.39, 0.29) is 18.1 Å². The van der Waals surface area contributed by atoms with Gasteiger partial charge in [-0.1, -0.05) is 13.3 Å². The van der Waals surface area contributed by atoms with Crippen molar-refractivity contribution < 1.29 is 14.6 Å². The maximum absolute atomic E-state index is 12.2. The fourth-order valence-corrected chi connectivity index (χ4v) is 2.53. The standard InChI is InChI=1S/C17H25NO3/c1-2-3-12-21-16-10-4-13(5-11-16)17(20)18-14-6-8-15(19)9-7-14/h4-5,10-11,14-15,19H,2-3,6-9,12H2,1H3,(H,18,20). The summed E-state index contributed by atoms with van der Waals surface area (Å²) in [5.74, 6) is 0.761. The van der Waals surface area contributed by atoms with Crippen molar-refractivity contribution in [1.29, 1.82) is 0 Å². The van der Waals surface area contributed by atoms with Crippen LogP contribution >= 0.6 is 0 Å². The molecule has 1 aliphatic carbocycles. The van der Waals surface area contributed by atoms with Gasteiger partial charge >= 0.3 is 0 Å². The Bertz CT molecular complexity index is 436. The van der Waals surface area contributed by atoms with Gasteiger partial charge in [0.15, 0.2) is 0 Å². The van der Waals surface area contributed by atoms with Crippen molar-refractivity contribution in [3.05, 3.63) is 29.8 Å². The highest BCUT2D eigenvalue weighted by molar-refractivity contribution is 5.94. The first-order valence-corrected chi connectivity index (χ1v) is 7.91. The summed E-state index contributed by atoms with van der Waals surface area (Å²) in [4.78, 5) is 12.2. The fraction of sp³-hybridized carbons (Fsp3) is 0.588. The molecule has 0 unspecified atom stereocenters. The molecular formula is C17H25NO3. The summed E-state index contributed by atoms with van der Waals surface area (Å²) < 4.78 is 5.58. The average molecular weight is 291 g/mol. The minimum atomic E-state index is -0.197. The van der Waals surface area contributed by atoms with E-state index in [0.29, 0.717) is 12.2 Å². The highest BCUT2D eigenvalue weighted by Gasteiger charge is 2.21. The molecule has 0 radical (unpaired) electrons. The van der Waals surface area contributed by atoms with Gasteiger partial charge in [0.25, 0.3) is 5.91 Å². The molecule has 0 aromatic heterocycles. The van der Waals surface area contributed by atoms with Gasteiger partial charge in [-0.05, 0) is 56.4 Å². The third-order valence-electron chi connectivity index (χ3n) is 3.92. The summed E-state index contributed by atoms with van der Waals surface area (Å²) in [7, 11) is 0. The lowest BCUT2D eigenvalue weighted by atomic mass is 9.93. The van der Waals surface area contributed by atoms with Crippen molar-refractivity contribution >= 4 is 5.91 Å². The fourth-order valence-electron chi connectivity index (χ4n) is 2.53. The number of aliphatic hydroxyl groups is 1. The molecule has 0 spiro atoms. The predicted octanol–water partition coefficient (Wildman–Crippen LogP) is 2.90. The molecule has 1 amide bonds. The molecule has 1 aromatic rings. The predicted molar refractivity (Wildman–Crippen MR) is 82.6 cm³/mol. The number of aliphatic hydroxyl groups excluding tert-OH is 1. The number of ether oxygens (including phenoxy) is 1. The van der Waals surface area contributed by atoms with E-state index in [4.69, 9.17) is 4.74 Å². The quantitative estimate of drug-likeness (QED) is 0.792. The number of benzene rings is 1. The molecule has 116 valence electrons. The Balaban J connectivity index is 1.82. The van der Waals surface area contributed by atoms with Crippen molar-refractivity contribution in [2.75, 3.05) is 6.61 Å². The second-order valence-corrected chi connectivity index (χ2v) is 5.71. The molecule has 21 heavy (non-hydrogen) atoms. The molecule has 2 N–H and O–H groups in total. The van der Waals surface area contributed by atoms with Crippen LogP contribution in [0.25, 0.3) is 0 Å². The lowest BCUT2D eigenvalue weighted by Crippen LogP contribution is -2.38. The van der Waals surface area contributed by atoms with Gasteiger partial charge in [0, 0.05) is 11.6 Å². The summed E-state index contributed by atoms with van der Waals surface area (Å²) in [5, 5.41) is 12.5. The summed E-state index contributed by atoms with van der Waals surface area (Å²) in [6.45, 7) is 2.84. The largest absolute Gasteiger partial charge is 0.494 e. The van der Waals surface area contributed by atoms with Gasteiger partial charge in [0.2, 0.25) is 0 Å². The molecule has 4 heteroatoms. The van der Waals surface area contributed by atoms with Crippen LogP contribution in [-0.2, 0) is 0 Å². The van der Waals surface area contributed by atoms with Gasteiger partial charge < -0.3 is 15.2 Å². The van der Waals surface area contributed by atoms with E-state index < -0.39 is 0 Å². The summed E-state index contributed by atoms with van der Waals surface area (Å²) in [6.07, 6.45) is 5.20. The van der Waals surface area contributed by atoms with Crippen LogP contribution in [0.5, 0.6) is 5.75 Å². The monoisotopic (exact) mass is 291 g/mol. The minimum Gasteiger partial charge on any atom is -0.494 e. The van der Waals surface area contributed by atoms with Gasteiger partial charge in [-0.2, -0.15) is 0 Å². The number of amides is 1. The molecule has 1 aromatic carbocycles. The second-order valence-electron chi connectivity index (χ2n) is 5.71. The van der Waals surface area contributed by atoms with E-state index in [1.807, 2.05) is 12.1 Å². The van der Waals surface area contributed by atoms with Crippen molar-refractivity contribution in [2.24, 2.45) is 0 Å². The third-order valence-corrected chi connectivity index (χ3v) is 3.92. The Kier molecular flexibility index (Phi) is 6.05. The minimum absolute atomic E-state index is 0.0449. The van der Waals surface area contributed by atoms with Gasteiger partial charge in [-0.25, -0.2) is 0 Å². The molecule has 1 saturated carbocycles. The second kappa shape index (κ2) is 8.03. The lowest BCUT2D eigenvalue weighted by Gasteiger charge is -2.26. The Morgan fingerprint density at radius 1 is 1.24 bits per heavy atom. The molecule has 2 rings (SSSR count). The molecule has 1 fully saturated rings. The van der Waals surface area contributed by atoms with E-state index >= 15 is 0 Å². The third kappa shape index (κ3) is 5.05. The molecule has 0 saturated heterocycles. The van der Waals surface area contributed by atoms with Gasteiger partial charge in [-0.15, -0.1) is 0 Å². The van der Waals surface area contributed by atoms with Crippen LogP contribution < -0.4 is 10.1 Å².